The van der Waals surface area contributed by atoms with E-state index in [0.717, 1.165) is 0 Å². The van der Waals surface area contributed by atoms with E-state index in [9.17, 15) is 24.1 Å². The first-order valence-electron chi connectivity index (χ1n) is 10.6. The van der Waals surface area contributed by atoms with Gasteiger partial charge in [-0.05, 0) is 30.9 Å². The van der Waals surface area contributed by atoms with Crippen molar-refractivity contribution in [2.75, 3.05) is 20.8 Å². The summed E-state index contributed by atoms with van der Waals surface area (Å²) >= 11 is 0. The highest BCUT2D eigenvalue weighted by Gasteiger charge is 2.41. The summed E-state index contributed by atoms with van der Waals surface area (Å²) in [5.41, 5.74) is 11.7. The molecule has 3 atom stereocenters. The van der Waals surface area contributed by atoms with E-state index in [1.54, 1.807) is 30.3 Å². The molecule has 33 heavy (non-hydrogen) atoms. The van der Waals surface area contributed by atoms with E-state index >= 15 is 0 Å². The lowest BCUT2D eigenvalue weighted by molar-refractivity contribution is -0.148. The number of amides is 3. The normalized spacial score (nSPS) is 14.5. The van der Waals surface area contributed by atoms with E-state index in [2.05, 4.69) is 5.32 Å². The first-order valence-corrected chi connectivity index (χ1v) is 12.2. The maximum atomic E-state index is 13.5. The summed E-state index contributed by atoms with van der Waals surface area (Å²) in [7, 11) is -1.26. The number of benzene rings is 1. The third-order valence-electron chi connectivity index (χ3n) is 5.07. The van der Waals surface area contributed by atoms with Crippen LogP contribution in [0.2, 0.25) is 0 Å². The Morgan fingerprint density at radius 2 is 1.73 bits per heavy atom. The summed E-state index contributed by atoms with van der Waals surface area (Å²) in [6.07, 6.45) is 0.221. The zero-order valence-corrected chi connectivity index (χ0v) is 20.4. The van der Waals surface area contributed by atoms with Crippen molar-refractivity contribution in [2.24, 2.45) is 17.4 Å². The van der Waals surface area contributed by atoms with Crippen molar-refractivity contribution in [3.05, 3.63) is 35.9 Å². The Bertz CT molecular complexity index is 829. The van der Waals surface area contributed by atoms with Gasteiger partial charge in [0.05, 0.1) is 6.04 Å². The maximum absolute atomic E-state index is 13.5. The second-order valence-electron chi connectivity index (χ2n) is 7.94. The zero-order valence-electron chi connectivity index (χ0n) is 19.5. The molecule has 1 aromatic carbocycles. The van der Waals surface area contributed by atoms with Gasteiger partial charge in [-0.1, -0.05) is 44.2 Å². The third-order valence-corrected chi connectivity index (χ3v) is 7.26. The Labute approximate surface area is 194 Å². The van der Waals surface area contributed by atoms with Gasteiger partial charge in [-0.15, -0.1) is 0 Å². The number of carboxylic acids is 1. The van der Waals surface area contributed by atoms with Crippen molar-refractivity contribution in [1.82, 2.24) is 10.2 Å². The molecule has 0 aliphatic carbocycles. The minimum absolute atomic E-state index is 0.0402. The van der Waals surface area contributed by atoms with Crippen LogP contribution >= 0.6 is 7.60 Å². The van der Waals surface area contributed by atoms with Crippen molar-refractivity contribution < 1.29 is 33.1 Å². The fourth-order valence-electron chi connectivity index (χ4n) is 3.47. The number of aliphatic carboxylic acids is 1. The molecule has 0 spiro atoms. The van der Waals surface area contributed by atoms with Crippen LogP contribution in [0.25, 0.3) is 0 Å². The van der Waals surface area contributed by atoms with Crippen LogP contribution in [0.15, 0.2) is 30.3 Å². The molecule has 0 aromatic heterocycles. The van der Waals surface area contributed by atoms with Crippen LogP contribution in [0.5, 0.6) is 0 Å². The molecule has 0 heterocycles. The lowest BCUT2D eigenvalue weighted by atomic mass is 10.00. The van der Waals surface area contributed by atoms with E-state index in [-0.39, 0.29) is 31.7 Å². The summed E-state index contributed by atoms with van der Waals surface area (Å²) in [5.74, 6) is -3.23. The van der Waals surface area contributed by atoms with E-state index in [0.29, 0.717) is 10.5 Å². The van der Waals surface area contributed by atoms with Crippen LogP contribution in [-0.2, 0) is 29.6 Å². The van der Waals surface area contributed by atoms with E-state index < -0.39 is 43.4 Å². The Kier molecular flexibility index (Phi) is 11.7. The minimum atomic E-state index is -3.69. The third kappa shape index (κ3) is 8.21. The number of nitrogens with two attached hydrogens (primary N) is 2. The second kappa shape index (κ2) is 13.4. The monoisotopic (exact) mass is 486 g/mol. The summed E-state index contributed by atoms with van der Waals surface area (Å²) in [4.78, 5) is 38.4. The molecule has 186 valence electrons. The van der Waals surface area contributed by atoms with Gasteiger partial charge in [-0.2, -0.15) is 0 Å². The Hall–Kier alpha value is -2.30. The number of carbonyl (C=O) groups is 3. The lowest BCUT2D eigenvalue weighted by Gasteiger charge is -2.33. The predicted octanol–water partition coefficient (Wildman–Crippen LogP) is 1.75. The number of carboxylic acid groups (broad SMARTS) is 1. The number of carbonyl (C=O) groups excluding carboxylic acids is 2. The number of hydrogen-bond donors (Lipinski definition) is 4. The van der Waals surface area contributed by atoms with Gasteiger partial charge in [0.25, 0.3) is 0 Å². The highest BCUT2D eigenvalue weighted by Crippen LogP contribution is 2.51. The molecule has 0 fully saturated rings. The van der Waals surface area contributed by atoms with Gasteiger partial charge < -0.3 is 25.6 Å². The van der Waals surface area contributed by atoms with Gasteiger partial charge in [0.15, 0.2) is 0 Å². The van der Waals surface area contributed by atoms with Crippen molar-refractivity contribution in [2.45, 2.75) is 51.0 Å². The predicted molar refractivity (Wildman–Crippen MR) is 123 cm³/mol. The SMILES string of the molecule is COP(=O)(OC)C(CCN)N[C@@H](CC(C)C)C(=O)N(C(N)=O)[C@@H](Cc1ccccc1)C(=O)O. The molecule has 1 aromatic rings. The van der Waals surface area contributed by atoms with Crippen LogP contribution in [0.4, 0.5) is 4.79 Å². The highest BCUT2D eigenvalue weighted by molar-refractivity contribution is 7.54. The number of imide groups is 1. The molecule has 3 amide bonds. The topological polar surface area (TPSA) is 174 Å². The van der Waals surface area contributed by atoms with E-state index in [4.69, 9.17) is 20.5 Å². The first-order chi connectivity index (χ1) is 15.5. The summed E-state index contributed by atoms with van der Waals surface area (Å²) in [6, 6.07) is 4.76. The summed E-state index contributed by atoms with van der Waals surface area (Å²) in [6.45, 7) is 3.81. The van der Waals surface area contributed by atoms with Crippen LogP contribution < -0.4 is 16.8 Å². The van der Waals surface area contributed by atoms with Crippen LogP contribution in [0, 0.1) is 5.92 Å². The zero-order chi connectivity index (χ0) is 25.2. The largest absolute Gasteiger partial charge is 0.480 e. The van der Waals surface area contributed by atoms with Gasteiger partial charge >= 0.3 is 19.6 Å². The molecule has 12 heteroatoms. The van der Waals surface area contributed by atoms with Gasteiger partial charge in [0.1, 0.15) is 11.8 Å². The number of rotatable bonds is 14. The van der Waals surface area contributed by atoms with Crippen LogP contribution in [0.3, 0.4) is 0 Å². The minimum Gasteiger partial charge on any atom is -0.480 e. The maximum Gasteiger partial charge on any atom is 0.346 e. The van der Waals surface area contributed by atoms with Gasteiger partial charge in [0, 0.05) is 20.6 Å². The van der Waals surface area contributed by atoms with Crippen molar-refractivity contribution in [3.8, 4) is 0 Å². The Morgan fingerprint density at radius 3 is 2.15 bits per heavy atom. The van der Waals surface area contributed by atoms with E-state index in [1.807, 2.05) is 13.8 Å². The molecule has 11 nitrogen and oxygen atoms in total. The number of nitrogens with one attached hydrogen (secondary N) is 1. The van der Waals surface area contributed by atoms with Crippen molar-refractivity contribution in [3.63, 3.8) is 0 Å². The molecule has 6 N–H and O–H groups in total. The fraction of sp³-hybridized carbons (Fsp3) is 0.571. The number of nitrogens with zero attached hydrogens (tertiary/aromatic N) is 1. The smallest absolute Gasteiger partial charge is 0.346 e. The number of urea groups is 1. The molecule has 0 aliphatic rings. The van der Waals surface area contributed by atoms with Gasteiger partial charge in [0.2, 0.25) is 5.91 Å². The van der Waals surface area contributed by atoms with Crippen LogP contribution in [-0.4, -0.2) is 66.5 Å². The summed E-state index contributed by atoms with van der Waals surface area (Å²) < 4.78 is 23.1. The molecular formula is C21H35N4O7P. The highest BCUT2D eigenvalue weighted by atomic mass is 31.2. The molecule has 0 radical (unpaired) electrons. The quantitative estimate of drug-likeness (QED) is 0.286. The van der Waals surface area contributed by atoms with Crippen molar-refractivity contribution >= 4 is 25.5 Å². The molecule has 0 saturated heterocycles. The molecule has 1 rings (SSSR count). The number of primary amides is 1. The molecule has 1 unspecified atom stereocenters. The molecule has 0 bridgehead atoms. The molecular weight excluding hydrogens is 451 g/mol. The Morgan fingerprint density at radius 1 is 1.15 bits per heavy atom. The Balaban J connectivity index is 3.36. The van der Waals surface area contributed by atoms with Crippen molar-refractivity contribution in [1.29, 1.82) is 0 Å². The fourth-order valence-corrected chi connectivity index (χ4v) is 4.96. The van der Waals surface area contributed by atoms with Crippen LogP contribution in [0.1, 0.15) is 32.3 Å². The lowest BCUT2D eigenvalue weighted by Crippen LogP contribution is -2.59. The average Bonchev–Trinajstić information content (AvgIpc) is 2.77. The van der Waals surface area contributed by atoms with Gasteiger partial charge in [-0.25, -0.2) is 14.5 Å². The standard InChI is InChI=1S/C21H35N4O7P/c1-14(2)12-16(24-18(10-11-22)33(30,31-3)32-4)19(26)25(21(23)29)17(20(27)28)13-15-8-6-5-7-9-15/h5-9,14,16-18,24H,10-13,22H2,1-4H3,(H2,23,29)(H,27,28)/t16-,17-,18?/m0/s1. The molecule has 0 aliphatic heterocycles. The number of hydrogen-bond acceptors (Lipinski definition) is 8. The van der Waals surface area contributed by atoms with E-state index in [1.165, 1.54) is 14.2 Å². The molecule has 0 saturated carbocycles. The summed E-state index contributed by atoms with van der Waals surface area (Å²) in [5, 5.41) is 12.8. The second-order valence-corrected chi connectivity index (χ2v) is 10.4. The van der Waals surface area contributed by atoms with Gasteiger partial charge in [-0.3, -0.25) is 14.7 Å². The first kappa shape index (κ1) is 28.7. The average molecular weight is 487 g/mol.